The number of ether oxygens (including phenoxy) is 1. The predicted octanol–water partition coefficient (Wildman–Crippen LogP) is 2.88. The Balaban J connectivity index is 1.42. The molecule has 2 aromatic heterocycles. The second-order valence-corrected chi connectivity index (χ2v) is 7.53. The Hall–Kier alpha value is -2.29. The molecular weight excluding hydrogens is 350 g/mol. The van der Waals surface area contributed by atoms with Gasteiger partial charge in [-0.25, -0.2) is 4.98 Å². The molecule has 136 valence electrons. The average Bonchev–Trinajstić information content (AvgIpc) is 3.20. The number of thiazole rings is 1. The summed E-state index contributed by atoms with van der Waals surface area (Å²) >= 11 is 1.43. The van der Waals surface area contributed by atoms with Crippen LogP contribution in [0.3, 0.4) is 0 Å². The van der Waals surface area contributed by atoms with Crippen LogP contribution in [0.25, 0.3) is 10.9 Å². The van der Waals surface area contributed by atoms with Gasteiger partial charge in [0.1, 0.15) is 0 Å². The van der Waals surface area contributed by atoms with Gasteiger partial charge in [-0.1, -0.05) is 18.2 Å². The van der Waals surface area contributed by atoms with E-state index in [4.69, 9.17) is 4.74 Å². The van der Waals surface area contributed by atoms with Crippen molar-refractivity contribution < 1.29 is 9.53 Å². The maximum atomic E-state index is 12.5. The molecule has 0 saturated carbocycles. The van der Waals surface area contributed by atoms with E-state index in [1.165, 1.54) is 11.3 Å². The third-order valence-electron chi connectivity index (χ3n) is 4.34. The molecule has 1 fully saturated rings. The van der Waals surface area contributed by atoms with Crippen LogP contribution in [-0.4, -0.2) is 51.3 Å². The van der Waals surface area contributed by atoms with Crippen molar-refractivity contribution in [2.24, 2.45) is 0 Å². The fourth-order valence-electron chi connectivity index (χ4n) is 3.37. The number of fused-ring (bicyclic) bond motifs is 1. The van der Waals surface area contributed by atoms with Gasteiger partial charge in [-0.15, -0.1) is 11.3 Å². The SMILES string of the molecule is C[C@H]1CN(Cc2csc(NC(=O)c3n[nH]c4ccccc34)n2)C[C@H](C)O1. The standard InChI is InChI=1S/C18H21N5O2S/c1-11-7-23(8-12(2)25-11)9-13-10-26-18(19-13)20-17(24)16-14-5-3-4-6-15(14)21-22-16/h3-6,10-12H,7-9H2,1-2H3,(H,21,22)(H,19,20,24)/t11-,12-/m0/s1. The first-order valence-corrected chi connectivity index (χ1v) is 9.53. The van der Waals surface area contributed by atoms with Gasteiger partial charge in [0.15, 0.2) is 10.8 Å². The van der Waals surface area contributed by atoms with Crippen LogP contribution in [0.1, 0.15) is 30.0 Å². The molecule has 0 unspecified atom stereocenters. The van der Waals surface area contributed by atoms with Crippen LogP contribution < -0.4 is 5.32 Å². The highest BCUT2D eigenvalue weighted by molar-refractivity contribution is 7.14. The maximum Gasteiger partial charge on any atom is 0.278 e. The minimum Gasteiger partial charge on any atom is -0.373 e. The lowest BCUT2D eigenvalue weighted by atomic mass is 10.2. The first-order chi connectivity index (χ1) is 12.6. The zero-order valence-electron chi connectivity index (χ0n) is 14.7. The summed E-state index contributed by atoms with van der Waals surface area (Å²) in [7, 11) is 0. The van der Waals surface area contributed by atoms with Gasteiger partial charge in [0.05, 0.1) is 23.4 Å². The van der Waals surface area contributed by atoms with Gasteiger partial charge < -0.3 is 4.74 Å². The Kier molecular flexibility index (Phi) is 4.71. The summed E-state index contributed by atoms with van der Waals surface area (Å²) < 4.78 is 5.76. The van der Waals surface area contributed by atoms with Crippen LogP contribution in [0.2, 0.25) is 0 Å². The molecule has 0 bridgehead atoms. The number of amides is 1. The van der Waals surface area contributed by atoms with Crippen LogP contribution in [-0.2, 0) is 11.3 Å². The molecule has 1 aromatic carbocycles. The summed E-state index contributed by atoms with van der Waals surface area (Å²) in [6.07, 6.45) is 0.453. The molecule has 2 atom stereocenters. The summed E-state index contributed by atoms with van der Waals surface area (Å²) in [5.41, 5.74) is 2.18. The highest BCUT2D eigenvalue weighted by Gasteiger charge is 2.23. The number of carbonyl (C=O) groups excluding carboxylic acids is 1. The topological polar surface area (TPSA) is 83.1 Å². The van der Waals surface area contributed by atoms with Gasteiger partial charge in [-0.3, -0.25) is 20.1 Å². The fourth-order valence-corrected chi connectivity index (χ4v) is 4.07. The highest BCUT2D eigenvalue weighted by atomic mass is 32.1. The number of carbonyl (C=O) groups is 1. The minimum absolute atomic E-state index is 0.226. The van der Waals surface area contributed by atoms with Crippen LogP contribution in [0, 0.1) is 0 Å². The van der Waals surface area contributed by atoms with Crippen LogP contribution in [0.4, 0.5) is 5.13 Å². The molecule has 26 heavy (non-hydrogen) atoms. The van der Waals surface area contributed by atoms with Crippen molar-refractivity contribution in [3.05, 3.63) is 41.0 Å². The molecular formula is C18H21N5O2S. The number of H-pyrrole nitrogens is 1. The van der Waals surface area contributed by atoms with Crippen molar-refractivity contribution >= 4 is 33.3 Å². The van der Waals surface area contributed by atoms with Crippen molar-refractivity contribution in [2.75, 3.05) is 18.4 Å². The van der Waals surface area contributed by atoms with E-state index in [1.54, 1.807) is 0 Å². The number of morpholine rings is 1. The number of anilines is 1. The van der Waals surface area contributed by atoms with Crippen molar-refractivity contribution in [3.8, 4) is 0 Å². The molecule has 3 aromatic rings. The van der Waals surface area contributed by atoms with E-state index in [1.807, 2.05) is 29.6 Å². The molecule has 3 heterocycles. The monoisotopic (exact) mass is 371 g/mol. The van der Waals surface area contributed by atoms with Crippen LogP contribution in [0.15, 0.2) is 29.6 Å². The number of hydrogen-bond donors (Lipinski definition) is 2. The summed E-state index contributed by atoms with van der Waals surface area (Å²) in [4.78, 5) is 19.4. The molecule has 2 N–H and O–H groups in total. The summed E-state index contributed by atoms with van der Waals surface area (Å²) in [5.74, 6) is -0.253. The quantitative estimate of drug-likeness (QED) is 0.737. The van der Waals surface area contributed by atoms with Crippen molar-refractivity contribution in [3.63, 3.8) is 0 Å². The van der Waals surface area contributed by atoms with Crippen molar-refractivity contribution in [1.29, 1.82) is 0 Å². The Bertz CT molecular complexity index is 911. The fraction of sp³-hybridized carbons (Fsp3) is 0.389. The molecule has 1 aliphatic heterocycles. The molecule has 0 radical (unpaired) electrons. The van der Waals surface area contributed by atoms with Gasteiger partial charge in [0.25, 0.3) is 5.91 Å². The number of aromatic nitrogens is 3. The van der Waals surface area contributed by atoms with E-state index in [9.17, 15) is 4.79 Å². The lowest BCUT2D eigenvalue weighted by molar-refractivity contribution is -0.0707. The van der Waals surface area contributed by atoms with E-state index < -0.39 is 0 Å². The lowest BCUT2D eigenvalue weighted by Gasteiger charge is -2.34. The molecule has 7 nitrogen and oxygen atoms in total. The Morgan fingerprint density at radius 2 is 2.12 bits per heavy atom. The number of para-hydroxylation sites is 1. The first-order valence-electron chi connectivity index (χ1n) is 8.65. The molecule has 8 heteroatoms. The number of aromatic amines is 1. The predicted molar refractivity (Wildman–Crippen MR) is 101 cm³/mol. The highest BCUT2D eigenvalue weighted by Crippen LogP contribution is 2.21. The Morgan fingerprint density at radius 1 is 1.35 bits per heavy atom. The van der Waals surface area contributed by atoms with Crippen LogP contribution in [0.5, 0.6) is 0 Å². The average molecular weight is 371 g/mol. The normalized spacial score (nSPS) is 21.2. The maximum absolute atomic E-state index is 12.5. The van der Waals surface area contributed by atoms with E-state index in [-0.39, 0.29) is 18.1 Å². The smallest absolute Gasteiger partial charge is 0.278 e. The Labute approximate surface area is 155 Å². The van der Waals surface area contributed by atoms with Gasteiger partial charge in [-0.2, -0.15) is 5.10 Å². The number of benzene rings is 1. The number of nitrogens with zero attached hydrogens (tertiary/aromatic N) is 3. The largest absolute Gasteiger partial charge is 0.373 e. The third kappa shape index (κ3) is 3.62. The molecule has 1 saturated heterocycles. The molecule has 1 amide bonds. The zero-order valence-corrected chi connectivity index (χ0v) is 15.5. The molecule has 1 aliphatic rings. The zero-order chi connectivity index (χ0) is 18.1. The van der Waals surface area contributed by atoms with E-state index in [2.05, 4.69) is 39.2 Å². The van der Waals surface area contributed by atoms with Gasteiger partial charge in [0, 0.05) is 30.4 Å². The van der Waals surface area contributed by atoms with E-state index >= 15 is 0 Å². The van der Waals surface area contributed by atoms with Gasteiger partial charge in [0.2, 0.25) is 0 Å². The van der Waals surface area contributed by atoms with Crippen LogP contribution >= 0.6 is 11.3 Å². The van der Waals surface area contributed by atoms with Crippen molar-refractivity contribution in [2.45, 2.75) is 32.6 Å². The number of rotatable bonds is 4. The third-order valence-corrected chi connectivity index (χ3v) is 5.15. The molecule has 0 spiro atoms. The minimum atomic E-state index is -0.253. The number of hydrogen-bond acceptors (Lipinski definition) is 6. The number of nitrogens with one attached hydrogen (secondary N) is 2. The summed E-state index contributed by atoms with van der Waals surface area (Å²) in [6, 6.07) is 7.57. The second kappa shape index (κ2) is 7.14. The Morgan fingerprint density at radius 3 is 2.92 bits per heavy atom. The molecule has 4 rings (SSSR count). The summed E-state index contributed by atoms with van der Waals surface area (Å²) in [5, 5.41) is 13.2. The first kappa shape index (κ1) is 17.1. The van der Waals surface area contributed by atoms with Gasteiger partial charge >= 0.3 is 0 Å². The van der Waals surface area contributed by atoms with E-state index in [0.717, 1.165) is 36.2 Å². The molecule has 0 aliphatic carbocycles. The van der Waals surface area contributed by atoms with Crippen molar-refractivity contribution in [1.82, 2.24) is 20.1 Å². The van der Waals surface area contributed by atoms with E-state index in [0.29, 0.717) is 10.8 Å². The lowest BCUT2D eigenvalue weighted by Crippen LogP contribution is -2.44. The van der Waals surface area contributed by atoms with Gasteiger partial charge in [-0.05, 0) is 19.9 Å². The second-order valence-electron chi connectivity index (χ2n) is 6.67. The summed E-state index contributed by atoms with van der Waals surface area (Å²) in [6.45, 7) is 6.72.